The molecular weight excluding hydrogens is 396 g/mol. The van der Waals surface area contributed by atoms with Gasteiger partial charge in [0.15, 0.2) is 5.76 Å². The molecule has 2 fully saturated rings. The van der Waals surface area contributed by atoms with E-state index in [0.717, 1.165) is 19.3 Å². The third-order valence-corrected chi connectivity index (χ3v) is 6.26. The Bertz CT molecular complexity index is 1120. The molecule has 2 aromatic heterocycles. The number of aromatic amines is 1. The Morgan fingerprint density at radius 1 is 1.03 bits per heavy atom. The number of nitrogens with zero attached hydrogens (tertiary/aromatic N) is 2. The third kappa shape index (κ3) is 3.69. The minimum Gasteiger partial charge on any atom is -0.459 e. The van der Waals surface area contributed by atoms with E-state index >= 15 is 0 Å². The molecule has 2 amide bonds. The van der Waals surface area contributed by atoms with Gasteiger partial charge in [0.05, 0.1) is 12.0 Å². The summed E-state index contributed by atoms with van der Waals surface area (Å²) in [5.41, 5.74) is 0.617. The topological polar surface area (TPSA) is 100 Å². The number of furan rings is 1. The van der Waals surface area contributed by atoms with E-state index in [4.69, 9.17) is 4.42 Å². The first-order valence-corrected chi connectivity index (χ1v) is 10.6. The molecule has 3 atom stereocenters. The molecule has 0 spiro atoms. The first-order chi connectivity index (χ1) is 15.1. The average Bonchev–Trinajstić information content (AvgIpc) is 3.43. The highest BCUT2D eigenvalue weighted by Gasteiger charge is 2.42. The van der Waals surface area contributed by atoms with Gasteiger partial charge in [0.2, 0.25) is 0 Å². The van der Waals surface area contributed by atoms with Crippen LogP contribution >= 0.6 is 0 Å². The molecule has 2 bridgehead atoms. The Morgan fingerprint density at radius 3 is 2.45 bits per heavy atom. The molecule has 8 heteroatoms. The van der Waals surface area contributed by atoms with Gasteiger partial charge in [0.25, 0.3) is 17.4 Å². The maximum atomic E-state index is 12.9. The summed E-state index contributed by atoms with van der Waals surface area (Å²) < 4.78 is 6.67. The predicted molar refractivity (Wildman–Crippen MR) is 113 cm³/mol. The summed E-state index contributed by atoms with van der Waals surface area (Å²) in [7, 11) is 0. The number of hydrogen-bond acceptors (Lipinski definition) is 4. The zero-order valence-electron chi connectivity index (χ0n) is 17.0. The molecule has 1 aromatic carbocycles. The second-order valence-electron chi connectivity index (χ2n) is 8.25. The van der Waals surface area contributed by atoms with Crippen molar-refractivity contribution in [2.75, 3.05) is 0 Å². The van der Waals surface area contributed by atoms with E-state index in [0.29, 0.717) is 24.3 Å². The first kappa shape index (κ1) is 19.4. The van der Waals surface area contributed by atoms with Crippen molar-refractivity contribution in [1.29, 1.82) is 0 Å². The van der Waals surface area contributed by atoms with Crippen molar-refractivity contribution in [3.63, 3.8) is 0 Å². The SMILES string of the molecule is O=C(NC1C[C@H]2CCC[C@@H](C1)N2C(=O)c1ccco1)c1cc(=O)n(-c2ccccc2)[nH]1. The summed E-state index contributed by atoms with van der Waals surface area (Å²) in [6, 6.07) is 14.0. The van der Waals surface area contributed by atoms with Crippen LogP contribution < -0.4 is 10.9 Å². The molecule has 1 unspecified atom stereocenters. The molecule has 5 rings (SSSR count). The molecule has 0 saturated carbocycles. The first-order valence-electron chi connectivity index (χ1n) is 10.6. The summed E-state index contributed by atoms with van der Waals surface area (Å²) in [4.78, 5) is 40.0. The van der Waals surface area contributed by atoms with E-state index in [1.165, 1.54) is 17.0 Å². The Kier molecular flexibility index (Phi) is 4.97. The average molecular weight is 420 g/mol. The van der Waals surface area contributed by atoms with Crippen LogP contribution in [0.15, 0.2) is 64.0 Å². The number of para-hydroxylation sites is 1. The maximum absolute atomic E-state index is 12.9. The fraction of sp³-hybridized carbons (Fsp3) is 0.348. The van der Waals surface area contributed by atoms with Crippen LogP contribution in [-0.2, 0) is 0 Å². The van der Waals surface area contributed by atoms with Gasteiger partial charge in [-0.15, -0.1) is 0 Å². The van der Waals surface area contributed by atoms with Crippen LogP contribution in [0.4, 0.5) is 0 Å². The Morgan fingerprint density at radius 2 is 1.77 bits per heavy atom. The summed E-state index contributed by atoms with van der Waals surface area (Å²) in [6.07, 6.45) is 5.80. The van der Waals surface area contributed by atoms with Gasteiger partial charge in [-0.05, 0) is 56.4 Å². The van der Waals surface area contributed by atoms with Crippen molar-refractivity contribution >= 4 is 11.8 Å². The van der Waals surface area contributed by atoms with E-state index in [1.54, 1.807) is 24.3 Å². The second-order valence-corrected chi connectivity index (χ2v) is 8.25. The van der Waals surface area contributed by atoms with Crippen LogP contribution in [0.25, 0.3) is 5.69 Å². The van der Waals surface area contributed by atoms with Crippen LogP contribution in [0.5, 0.6) is 0 Å². The molecule has 31 heavy (non-hydrogen) atoms. The number of nitrogens with one attached hydrogen (secondary N) is 2. The van der Waals surface area contributed by atoms with Crippen LogP contribution in [0, 0.1) is 0 Å². The lowest BCUT2D eigenvalue weighted by atomic mass is 9.81. The summed E-state index contributed by atoms with van der Waals surface area (Å²) in [6.45, 7) is 0. The number of carbonyl (C=O) groups excluding carboxylic acids is 2. The van der Waals surface area contributed by atoms with Crippen molar-refractivity contribution in [2.24, 2.45) is 0 Å². The van der Waals surface area contributed by atoms with E-state index < -0.39 is 0 Å². The van der Waals surface area contributed by atoms with E-state index in [1.807, 2.05) is 23.1 Å². The molecule has 3 aromatic rings. The van der Waals surface area contributed by atoms with Crippen LogP contribution in [0.2, 0.25) is 0 Å². The Hall–Kier alpha value is -3.55. The fourth-order valence-electron chi connectivity index (χ4n) is 4.90. The minimum absolute atomic E-state index is 0.0490. The number of aromatic nitrogens is 2. The number of fused-ring (bicyclic) bond motifs is 2. The summed E-state index contributed by atoms with van der Waals surface area (Å²) >= 11 is 0. The number of carbonyl (C=O) groups is 2. The highest BCUT2D eigenvalue weighted by atomic mass is 16.3. The highest BCUT2D eigenvalue weighted by Crippen LogP contribution is 2.35. The third-order valence-electron chi connectivity index (χ3n) is 6.26. The van der Waals surface area contributed by atoms with Crippen LogP contribution in [0.1, 0.15) is 53.1 Å². The highest BCUT2D eigenvalue weighted by molar-refractivity contribution is 5.93. The number of benzene rings is 1. The molecule has 8 nitrogen and oxygen atoms in total. The lowest BCUT2D eigenvalue weighted by molar-refractivity contribution is 0.0181. The molecule has 160 valence electrons. The van der Waals surface area contributed by atoms with Gasteiger partial charge in [-0.3, -0.25) is 19.5 Å². The van der Waals surface area contributed by atoms with Crippen molar-refractivity contribution < 1.29 is 14.0 Å². The smallest absolute Gasteiger partial charge is 0.290 e. The normalized spacial score (nSPS) is 22.8. The van der Waals surface area contributed by atoms with Gasteiger partial charge in [0.1, 0.15) is 5.69 Å². The fourth-order valence-corrected chi connectivity index (χ4v) is 4.90. The lowest BCUT2D eigenvalue weighted by Gasteiger charge is -2.48. The number of H-pyrrole nitrogens is 1. The number of rotatable bonds is 4. The van der Waals surface area contributed by atoms with E-state index in [9.17, 15) is 14.4 Å². The minimum atomic E-state index is -0.305. The summed E-state index contributed by atoms with van der Waals surface area (Å²) in [5, 5.41) is 5.96. The molecule has 2 saturated heterocycles. The van der Waals surface area contributed by atoms with Gasteiger partial charge in [0, 0.05) is 24.2 Å². The van der Waals surface area contributed by atoms with Gasteiger partial charge in [-0.2, -0.15) is 0 Å². The van der Waals surface area contributed by atoms with Gasteiger partial charge < -0.3 is 14.6 Å². The van der Waals surface area contributed by atoms with Crippen molar-refractivity contribution in [1.82, 2.24) is 20.0 Å². The molecular formula is C23H24N4O4. The van der Waals surface area contributed by atoms with E-state index in [2.05, 4.69) is 10.4 Å². The number of amides is 2. The Labute approximate surface area is 178 Å². The monoisotopic (exact) mass is 420 g/mol. The number of piperidine rings is 2. The summed E-state index contributed by atoms with van der Waals surface area (Å²) in [5.74, 6) is -0.0198. The van der Waals surface area contributed by atoms with Gasteiger partial charge >= 0.3 is 0 Å². The predicted octanol–water partition coefficient (Wildman–Crippen LogP) is 2.71. The molecule has 0 radical (unpaired) electrons. The van der Waals surface area contributed by atoms with Crippen LogP contribution in [-0.4, -0.2) is 44.6 Å². The zero-order valence-corrected chi connectivity index (χ0v) is 17.0. The van der Waals surface area contributed by atoms with Crippen molar-refractivity contribution in [2.45, 2.75) is 50.2 Å². The largest absolute Gasteiger partial charge is 0.459 e. The standard InChI is InChI=1S/C23H24N4O4/c28-21-14-19(25-27(21)16-6-2-1-3-7-16)22(29)24-15-12-17-8-4-9-18(13-15)26(17)23(30)20-10-5-11-31-20/h1-3,5-7,10-11,14-15,17-18,25H,4,8-9,12-13H2,(H,24,29)/t15?,17-,18+. The van der Waals surface area contributed by atoms with E-state index in [-0.39, 0.29) is 41.2 Å². The van der Waals surface area contributed by atoms with Gasteiger partial charge in [-0.1, -0.05) is 18.2 Å². The molecule has 2 aliphatic rings. The van der Waals surface area contributed by atoms with Gasteiger partial charge in [-0.25, -0.2) is 4.68 Å². The molecule has 2 aliphatic heterocycles. The molecule has 4 heterocycles. The van der Waals surface area contributed by atoms with Crippen molar-refractivity contribution in [3.05, 3.63) is 76.6 Å². The quantitative estimate of drug-likeness (QED) is 0.678. The number of hydrogen-bond donors (Lipinski definition) is 2. The second kappa shape index (κ2) is 7.94. The lowest BCUT2D eigenvalue weighted by Crippen LogP contribution is -2.58. The zero-order chi connectivity index (χ0) is 21.4. The van der Waals surface area contributed by atoms with Crippen molar-refractivity contribution in [3.8, 4) is 5.69 Å². The molecule has 0 aliphatic carbocycles. The maximum Gasteiger partial charge on any atom is 0.290 e. The molecule has 2 N–H and O–H groups in total. The Balaban J connectivity index is 1.29. The van der Waals surface area contributed by atoms with Crippen LogP contribution in [0.3, 0.4) is 0 Å².